The van der Waals surface area contributed by atoms with E-state index in [1.807, 2.05) is 47.4 Å². The van der Waals surface area contributed by atoms with E-state index in [-0.39, 0.29) is 13.1 Å². The van der Waals surface area contributed by atoms with Crippen LogP contribution in [0, 0.1) is 0 Å². The zero-order valence-corrected chi connectivity index (χ0v) is 20.6. The summed E-state index contributed by atoms with van der Waals surface area (Å²) in [6.07, 6.45) is 1.12. The average molecular weight is 484 g/mol. The molecule has 2 rings (SSSR count). The number of nitrogens with zero attached hydrogens (tertiary/aromatic N) is 1. The molecule has 1 atom stereocenters. The van der Waals surface area contributed by atoms with Gasteiger partial charge >= 0.3 is 0 Å². The molecule has 0 bridgehead atoms. The van der Waals surface area contributed by atoms with Crippen LogP contribution in [0.4, 0.5) is 5.69 Å². The first-order chi connectivity index (χ1) is 14.8. The van der Waals surface area contributed by atoms with E-state index < -0.39 is 30.9 Å². The lowest BCUT2D eigenvalue weighted by Crippen LogP contribution is -2.41. The Hall–Kier alpha value is -1.98. The summed E-state index contributed by atoms with van der Waals surface area (Å²) in [4.78, 5) is 2.04. The van der Waals surface area contributed by atoms with Crippen LogP contribution >= 0.6 is 0 Å². The molecule has 0 saturated carbocycles. The van der Waals surface area contributed by atoms with E-state index in [1.165, 1.54) is 0 Å². The van der Waals surface area contributed by atoms with Crippen molar-refractivity contribution in [2.24, 2.45) is 0 Å². The van der Waals surface area contributed by atoms with Gasteiger partial charge in [0.15, 0.2) is 0 Å². The monoisotopic (exact) mass is 483 g/mol. The molecule has 1 unspecified atom stereocenters. The smallest absolute Gasteiger partial charge is 0.214 e. The van der Waals surface area contributed by atoms with Crippen molar-refractivity contribution in [1.82, 2.24) is 9.44 Å². The third-order valence-corrected chi connectivity index (χ3v) is 7.57. The van der Waals surface area contributed by atoms with Crippen molar-refractivity contribution in [3.05, 3.63) is 65.7 Å². The second-order valence-corrected chi connectivity index (χ2v) is 12.5. The fraction of sp³-hybridized carbons (Fsp3) is 0.455. The van der Waals surface area contributed by atoms with Gasteiger partial charge in [-0.2, -0.15) is 0 Å². The fourth-order valence-corrected chi connectivity index (χ4v) is 4.29. The first kappa shape index (κ1) is 26.3. The molecule has 0 aromatic heterocycles. The summed E-state index contributed by atoms with van der Waals surface area (Å²) in [7, 11) is -6.78. The minimum absolute atomic E-state index is 0.140. The molecule has 3 N–H and O–H groups in total. The van der Waals surface area contributed by atoms with Crippen molar-refractivity contribution >= 4 is 25.7 Å². The molecule has 2 aromatic rings. The third-order valence-electron chi connectivity index (χ3n) is 5.05. The SMILES string of the molecule is CC(C)S(=O)(=O)NCC(C)(O)c1ccc(N(CCNS(C)(=O)=O)Cc2ccccc2)cc1. The number of aliphatic hydroxyl groups is 1. The second kappa shape index (κ2) is 10.8. The Bertz CT molecular complexity index is 1070. The van der Waals surface area contributed by atoms with Crippen molar-refractivity contribution in [2.45, 2.75) is 38.2 Å². The molecule has 0 spiro atoms. The highest BCUT2D eigenvalue weighted by molar-refractivity contribution is 7.90. The molecule has 32 heavy (non-hydrogen) atoms. The molecule has 0 aliphatic rings. The van der Waals surface area contributed by atoms with Crippen LogP contribution in [0.15, 0.2) is 54.6 Å². The van der Waals surface area contributed by atoms with E-state index in [2.05, 4.69) is 9.44 Å². The molecular formula is C22H33N3O5S2. The first-order valence-corrected chi connectivity index (χ1v) is 13.8. The van der Waals surface area contributed by atoms with Gasteiger partial charge in [-0.1, -0.05) is 42.5 Å². The van der Waals surface area contributed by atoms with Crippen molar-refractivity contribution in [2.75, 3.05) is 30.8 Å². The number of rotatable bonds is 12. The maximum Gasteiger partial charge on any atom is 0.214 e. The second-order valence-electron chi connectivity index (χ2n) is 8.31. The van der Waals surface area contributed by atoms with E-state index in [4.69, 9.17) is 0 Å². The fourth-order valence-electron chi connectivity index (χ4n) is 3.01. The van der Waals surface area contributed by atoms with Crippen molar-refractivity contribution in [3.63, 3.8) is 0 Å². The van der Waals surface area contributed by atoms with Crippen LogP contribution in [-0.4, -0.2) is 53.1 Å². The lowest BCUT2D eigenvalue weighted by molar-refractivity contribution is 0.0627. The molecule has 0 aliphatic heterocycles. The van der Waals surface area contributed by atoms with Crippen LogP contribution < -0.4 is 14.3 Å². The Morgan fingerprint density at radius 3 is 2.09 bits per heavy atom. The Morgan fingerprint density at radius 1 is 0.969 bits per heavy atom. The van der Waals surface area contributed by atoms with Gasteiger partial charge in [-0.15, -0.1) is 0 Å². The highest BCUT2D eigenvalue weighted by Gasteiger charge is 2.27. The Labute approximate surface area is 191 Å². The topological polar surface area (TPSA) is 116 Å². The number of benzene rings is 2. The number of hydrogen-bond acceptors (Lipinski definition) is 6. The summed E-state index contributed by atoms with van der Waals surface area (Å²) in [5.41, 5.74) is 1.11. The summed E-state index contributed by atoms with van der Waals surface area (Å²) in [5.74, 6) is 0. The predicted molar refractivity (Wildman–Crippen MR) is 128 cm³/mol. The van der Waals surface area contributed by atoms with Crippen molar-refractivity contribution in [1.29, 1.82) is 0 Å². The summed E-state index contributed by atoms with van der Waals surface area (Å²) in [5, 5.41) is 10.2. The molecular weight excluding hydrogens is 450 g/mol. The minimum Gasteiger partial charge on any atom is -0.384 e. The lowest BCUT2D eigenvalue weighted by atomic mass is 9.96. The van der Waals surface area contributed by atoms with E-state index in [1.54, 1.807) is 32.9 Å². The van der Waals surface area contributed by atoms with Gasteiger partial charge < -0.3 is 10.0 Å². The van der Waals surface area contributed by atoms with Crippen LogP contribution in [0.2, 0.25) is 0 Å². The predicted octanol–water partition coefficient (Wildman–Crippen LogP) is 1.78. The van der Waals surface area contributed by atoms with Crippen LogP contribution in [0.3, 0.4) is 0 Å². The summed E-state index contributed by atoms with van der Waals surface area (Å²) in [6, 6.07) is 17.0. The maximum atomic E-state index is 12.0. The van der Waals surface area contributed by atoms with E-state index in [0.29, 0.717) is 18.7 Å². The Balaban J connectivity index is 2.17. The number of anilines is 1. The zero-order valence-electron chi connectivity index (χ0n) is 18.9. The molecule has 178 valence electrons. The molecule has 0 saturated heterocycles. The number of hydrogen-bond donors (Lipinski definition) is 3. The summed E-state index contributed by atoms with van der Waals surface area (Å²) >= 11 is 0. The maximum absolute atomic E-state index is 12.0. The van der Waals surface area contributed by atoms with Crippen LogP contribution in [0.1, 0.15) is 31.9 Å². The summed E-state index contributed by atoms with van der Waals surface area (Å²) in [6.45, 7) is 5.85. The number of nitrogens with one attached hydrogen (secondary N) is 2. The minimum atomic E-state index is -3.49. The molecule has 0 heterocycles. The first-order valence-electron chi connectivity index (χ1n) is 10.3. The van der Waals surface area contributed by atoms with Crippen molar-refractivity contribution < 1.29 is 21.9 Å². The van der Waals surface area contributed by atoms with Crippen LogP contribution in [-0.2, 0) is 32.2 Å². The molecule has 8 nitrogen and oxygen atoms in total. The largest absolute Gasteiger partial charge is 0.384 e. The van der Waals surface area contributed by atoms with E-state index >= 15 is 0 Å². The Morgan fingerprint density at radius 2 is 1.56 bits per heavy atom. The van der Waals surface area contributed by atoms with Crippen LogP contribution in [0.25, 0.3) is 0 Å². The van der Waals surface area contributed by atoms with Gasteiger partial charge in [0.1, 0.15) is 5.60 Å². The molecule has 10 heteroatoms. The van der Waals surface area contributed by atoms with Crippen molar-refractivity contribution in [3.8, 4) is 0 Å². The molecule has 0 radical (unpaired) electrons. The van der Waals surface area contributed by atoms with Gasteiger partial charge in [0, 0.05) is 31.9 Å². The van der Waals surface area contributed by atoms with Gasteiger partial charge in [-0.25, -0.2) is 26.3 Å². The Kier molecular flexibility index (Phi) is 8.83. The van der Waals surface area contributed by atoms with Gasteiger partial charge in [-0.3, -0.25) is 0 Å². The molecule has 2 aromatic carbocycles. The molecule has 0 amide bonds. The molecule has 0 aliphatic carbocycles. The normalized spacial score (nSPS) is 14.3. The zero-order chi connectivity index (χ0) is 24.0. The highest BCUT2D eigenvalue weighted by Crippen LogP contribution is 2.25. The number of sulfonamides is 2. The van der Waals surface area contributed by atoms with E-state index in [0.717, 1.165) is 17.5 Å². The van der Waals surface area contributed by atoms with Gasteiger partial charge in [0.2, 0.25) is 20.0 Å². The third kappa shape index (κ3) is 8.18. The van der Waals surface area contributed by atoms with E-state index in [9.17, 15) is 21.9 Å². The van der Waals surface area contributed by atoms with Gasteiger partial charge in [0.25, 0.3) is 0 Å². The van der Waals surface area contributed by atoms with Crippen LogP contribution in [0.5, 0.6) is 0 Å². The average Bonchev–Trinajstić information content (AvgIpc) is 2.72. The molecule has 0 fully saturated rings. The standard InChI is InChI=1S/C22H33N3O5S2/c1-18(2)32(29,30)24-17-22(3,26)20-10-12-21(13-11-20)25(15-14-23-31(4,27)28)16-19-8-6-5-7-9-19/h5-13,18,23-24,26H,14-17H2,1-4H3. The quantitative estimate of drug-likeness (QED) is 0.424. The highest BCUT2D eigenvalue weighted by atomic mass is 32.2. The van der Waals surface area contributed by atoms with Gasteiger partial charge in [0.05, 0.1) is 11.5 Å². The van der Waals surface area contributed by atoms with Gasteiger partial charge in [-0.05, 0) is 44.0 Å². The summed E-state index contributed by atoms with van der Waals surface area (Å²) < 4.78 is 51.9. The lowest BCUT2D eigenvalue weighted by Gasteiger charge is -2.28.